The maximum atomic E-state index is 4.08. The lowest BCUT2D eigenvalue weighted by Gasteiger charge is -2.44. The lowest BCUT2D eigenvalue weighted by molar-refractivity contribution is -0.475. The maximum absolute atomic E-state index is 4.08. The van der Waals surface area contributed by atoms with E-state index < -0.39 is 0 Å². The number of hydrogen-bond acceptors (Lipinski definition) is 2. The highest BCUT2D eigenvalue weighted by atomic mass is 15.3. The molecule has 0 N–H and O–H groups in total. The van der Waals surface area contributed by atoms with Crippen LogP contribution in [0.15, 0.2) is 23.4 Å². The van der Waals surface area contributed by atoms with Gasteiger partial charge in [0, 0.05) is 32.2 Å². The van der Waals surface area contributed by atoms with E-state index in [1.807, 2.05) is 0 Å². The van der Waals surface area contributed by atoms with Gasteiger partial charge in [0.1, 0.15) is 6.54 Å². The average molecular weight is 230 g/mol. The molecule has 3 heteroatoms. The summed E-state index contributed by atoms with van der Waals surface area (Å²) in [4.78, 5) is 4.92. The van der Waals surface area contributed by atoms with Crippen molar-refractivity contribution < 1.29 is 4.58 Å². The normalized spacial score (nSPS) is 25.4. The van der Waals surface area contributed by atoms with Crippen molar-refractivity contribution in [2.45, 2.75) is 6.42 Å². The van der Waals surface area contributed by atoms with Gasteiger partial charge >= 0.3 is 0 Å². The largest absolute Gasteiger partial charge is 0.430 e. The van der Waals surface area contributed by atoms with E-state index in [2.05, 4.69) is 46.7 Å². The van der Waals surface area contributed by atoms with Crippen molar-refractivity contribution in [1.82, 2.24) is 9.80 Å². The summed E-state index contributed by atoms with van der Waals surface area (Å²) in [6.07, 6.45) is 7.76. The zero-order valence-corrected chi connectivity index (χ0v) is 10.5. The van der Waals surface area contributed by atoms with Crippen molar-refractivity contribution in [3.05, 3.63) is 35.9 Å². The molecule has 0 amide bonds. The highest BCUT2D eigenvalue weighted by Crippen LogP contribution is 2.35. The lowest BCUT2D eigenvalue weighted by Crippen LogP contribution is -2.44. The number of rotatable bonds is 1. The molecule has 3 rings (SSSR count). The highest BCUT2D eigenvalue weighted by molar-refractivity contribution is 5.46. The van der Waals surface area contributed by atoms with Crippen molar-refractivity contribution in [2.24, 2.45) is 0 Å². The Labute approximate surface area is 104 Å². The molecule has 92 valence electrons. The standard InChI is InChI=1S/C14H20N3/c1-15-8-10-17(11-9-15)14-5-3-4-13-12(14)6-7-16(13)2/h3-5H,2,6-11H2,1H3/q-1. The second-order valence-electron chi connectivity index (χ2n) is 5.08. The van der Waals surface area contributed by atoms with Gasteiger partial charge in [-0.25, -0.2) is 12.5 Å². The van der Waals surface area contributed by atoms with E-state index in [9.17, 15) is 0 Å². The topological polar surface area (TPSA) is 9.49 Å². The molecule has 2 fully saturated rings. The predicted octanol–water partition coefficient (Wildman–Crippen LogP) is 0.911. The summed E-state index contributed by atoms with van der Waals surface area (Å²) in [6, 6.07) is 1.32. The van der Waals surface area contributed by atoms with Crippen LogP contribution in [0.2, 0.25) is 0 Å². The predicted molar refractivity (Wildman–Crippen MR) is 69.6 cm³/mol. The molecule has 0 bridgehead atoms. The van der Waals surface area contributed by atoms with Gasteiger partial charge in [-0.1, -0.05) is 0 Å². The minimum absolute atomic E-state index is 1.06. The van der Waals surface area contributed by atoms with Crippen molar-refractivity contribution in [2.75, 3.05) is 39.8 Å². The van der Waals surface area contributed by atoms with Crippen molar-refractivity contribution in [3.8, 4) is 0 Å². The van der Waals surface area contributed by atoms with Gasteiger partial charge in [-0.15, -0.1) is 11.3 Å². The van der Waals surface area contributed by atoms with Gasteiger partial charge < -0.3 is 14.4 Å². The van der Waals surface area contributed by atoms with Crippen LogP contribution in [0.3, 0.4) is 0 Å². The minimum atomic E-state index is 1.06. The molecule has 0 unspecified atom stereocenters. The summed E-state index contributed by atoms with van der Waals surface area (Å²) in [7, 11) is 2.20. The van der Waals surface area contributed by atoms with E-state index >= 15 is 0 Å². The first-order chi connectivity index (χ1) is 8.25. The summed E-state index contributed by atoms with van der Waals surface area (Å²) >= 11 is 0. The Morgan fingerprint density at radius 3 is 2.88 bits per heavy atom. The SMILES string of the molecule is C=[N+]1CCC2=C(N3CCN(C)CC3)[CH-]C=C[C-]21. The summed E-state index contributed by atoms with van der Waals surface area (Å²) < 4.78 is 2.12. The molecule has 3 aliphatic rings. The Kier molecular flexibility index (Phi) is 2.63. The van der Waals surface area contributed by atoms with E-state index in [1.54, 1.807) is 0 Å². The molecule has 0 saturated carbocycles. The number of piperazine rings is 1. The number of allylic oxidation sites excluding steroid dienone is 1. The van der Waals surface area contributed by atoms with E-state index in [1.165, 1.54) is 17.3 Å². The van der Waals surface area contributed by atoms with Crippen LogP contribution in [0.5, 0.6) is 0 Å². The Bertz CT molecular complexity index is 386. The molecule has 3 nitrogen and oxygen atoms in total. The number of likely N-dealkylation sites (N-methyl/N-ethyl adjacent to an activating group) is 1. The van der Waals surface area contributed by atoms with E-state index in [0.29, 0.717) is 0 Å². The second kappa shape index (κ2) is 4.15. The second-order valence-corrected chi connectivity index (χ2v) is 5.08. The molecular formula is C14H20N3-. The summed E-state index contributed by atoms with van der Waals surface area (Å²) in [5.74, 6) is 0. The molecule has 2 saturated heterocycles. The Balaban J connectivity index is 1.82. The van der Waals surface area contributed by atoms with Crippen LogP contribution in [0.1, 0.15) is 6.42 Å². The molecule has 17 heavy (non-hydrogen) atoms. The Morgan fingerprint density at radius 1 is 1.35 bits per heavy atom. The molecule has 0 spiro atoms. The quantitative estimate of drug-likeness (QED) is 0.489. The van der Waals surface area contributed by atoms with Crippen molar-refractivity contribution >= 4 is 6.72 Å². The number of hydrogen-bond donors (Lipinski definition) is 0. The number of fused-ring (bicyclic) bond motifs is 1. The molecule has 2 heterocycles. The smallest absolute Gasteiger partial charge is 0.121 e. The van der Waals surface area contributed by atoms with E-state index in [-0.39, 0.29) is 0 Å². The zero-order valence-electron chi connectivity index (χ0n) is 10.5. The number of nitrogens with zero attached hydrogens (tertiary/aromatic N) is 3. The van der Waals surface area contributed by atoms with Crippen LogP contribution in [-0.4, -0.2) is 60.9 Å². The minimum Gasteiger partial charge on any atom is -0.430 e. The van der Waals surface area contributed by atoms with Gasteiger partial charge in [-0.05, 0) is 13.5 Å². The third-order valence-electron chi connectivity index (χ3n) is 3.94. The van der Waals surface area contributed by atoms with Crippen LogP contribution < -0.4 is 0 Å². The summed E-state index contributed by atoms with van der Waals surface area (Å²) in [5, 5.41) is 0. The summed E-state index contributed by atoms with van der Waals surface area (Å²) in [6.45, 7) is 9.75. The third kappa shape index (κ3) is 1.84. The fourth-order valence-electron chi connectivity index (χ4n) is 2.83. The zero-order chi connectivity index (χ0) is 11.8. The lowest BCUT2D eigenvalue weighted by atomic mass is 9.97. The molecule has 0 radical (unpaired) electrons. The fourth-order valence-corrected chi connectivity index (χ4v) is 2.83. The van der Waals surface area contributed by atoms with Crippen molar-refractivity contribution in [3.63, 3.8) is 0 Å². The summed E-state index contributed by atoms with van der Waals surface area (Å²) in [5.41, 5.74) is 2.92. The van der Waals surface area contributed by atoms with E-state index in [4.69, 9.17) is 0 Å². The first-order valence-corrected chi connectivity index (χ1v) is 6.39. The van der Waals surface area contributed by atoms with Crippen LogP contribution in [0.25, 0.3) is 0 Å². The molecule has 2 aliphatic heterocycles. The van der Waals surface area contributed by atoms with Gasteiger partial charge in [-0.2, -0.15) is 6.08 Å². The Hall–Kier alpha value is -1.35. The van der Waals surface area contributed by atoms with Crippen LogP contribution >= 0.6 is 0 Å². The average Bonchev–Trinajstić information content (AvgIpc) is 2.73. The van der Waals surface area contributed by atoms with Crippen LogP contribution in [-0.2, 0) is 0 Å². The van der Waals surface area contributed by atoms with Crippen LogP contribution in [0, 0.1) is 12.5 Å². The van der Waals surface area contributed by atoms with Gasteiger partial charge in [0.25, 0.3) is 0 Å². The molecule has 0 aromatic rings. The maximum Gasteiger partial charge on any atom is 0.121 e. The highest BCUT2D eigenvalue weighted by Gasteiger charge is 2.23. The van der Waals surface area contributed by atoms with Gasteiger partial charge in [0.2, 0.25) is 0 Å². The van der Waals surface area contributed by atoms with Crippen molar-refractivity contribution in [1.29, 1.82) is 0 Å². The molecule has 1 aliphatic carbocycles. The third-order valence-corrected chi connectivity index (χ3v) is 3.94. The van der Waals surface area contributed by atoms with Gasteiger partial charge in [0.15, 0.2) is 0 Å². The molecule has 0 aromatic carbocycles. The van der Waals surface area contributed by atoms with Gasteiger partial charge in [0.05, 0.1) is 6.72 Å². The molecule has 0 atom stereocenters. The van der Waals surface area contributed by atoms with E-state index in [0.717, 1.165) is 39.1 Å². The first-order valence-electron chi connectivity index (χ1n) is 6.39. The Morgan fingerprint density at radius 2 is 2.12 bits per heavy atom. The van der Waals surface area contributed by atoms with Gasteiger partial charge in [-0.3, -0.25) is 0 Å². The molecular weight excluding hydrogens is 210 g/mol. The van der Waals surface area contributed by atoms with Crippen LogP contribution in [0.4, 0.5) is 0 Å². The molecule has 0 aromatic heterocycles. The fraction of sp³-hybridized carbons (Fsp3) is 0.500. The first kappa shape index (κ1) is 10.8. The monoisotopic (exact) mass is 230 g/mol.